The van der Waals surface area contributed by atoms with E-state index in [4.69, 9.17) is 9.47 Å². The Morgan fingerprint density at radius 3 is 2.41 bits per heavy atom. The largest absolute Gasteiger partial charge is 0.497 e. The van der Waals surface area contributed by atoms with Crippen molar-refractivity contribution in [2.24, 2.45) is 0 Å². The van der Waals surface area contributed by atoms with Crippen LogP contribution in [0.25, 0.3) is 11.6 Å². The summed E-state index contributed by atoms with van der Waals surface area (Å²) in [6.07, 6.45) is 2.71. The van der Waals surface area contributed by atoms with Gasteiger partial charge in [-0.3, -0.25) is 4.79 Å². The molecule has 0 saturated heterocycles. The van der Waals surface area contributed by atoms with E-state index in [0.717, 1.165) is 22.4 Å². The number of methoxy groups -OCH3 is 1. The number of aryl methyl sites for hydroxylation is 1. The summed E-state index contributed by atoms with van der Waals surface area (Å²) < 4.78 is 10.6. The number of benzene rings is 3. The molecule has 0 saturated carbocycles. The maximum atomic E-state index is 12.2. The molecule has 0 unspecified atom stereocenters. The summed E-state index contributed by atoms with van der Waals surface area (Å²) in [6.45, 7) is 0. The first-order valence-corrected chi connectivity index (χ1v) is 9.29. The van der Waals surface area contributed by atoms with E-state index in [1.165, 1.54) is 0 Å². The molecule has 0 N–H and O–H groups in total. The molecule has 3 rings (SSSR count). The summed E-state index contributed by atoms with van der Waals surface area (Å²) in [5, 5.41) is 9.53. The monoisotopic (exact) mass is 383 g/mol. The molecule has 0 heterocycles. The lowest BCUT2D eigenvalue weighted by molar-refractivity contribution is -0.134. The zero-order valence-electron chi connectivity index (χ0n) is 16.2. The molecule has 0 aliphatic carbocycles. The Morgan fingerprint density at radius 2 is 1.72 bits per heavy atom. The SMILES string of the molecule is COc1ccc(/C(C#N)=C\c2cccc(OC(=O)CCc3ccccc3)c2)cc1. The van der Waals surface area contributed by atoms with Crippen LogP contribution in [0.5, 0.6) is 11.5 Å². The summed E-state index contributed by atoms with van der Waals surface area (Å²) in [5.41, 5.74) is 3.18. The van der Waals surface area contributed by atoms with Gasteiger partial charge in [0.05, 0.1) is 18.8 Å². The molecule has 3 aromatic rings. The number of hydrogen-bond donors (Lipinski definition) is 0. The van der Waals surface area contributed by atoms with Crippen LogP contribution in [0, 0.1) is 11.3 Å². The van der Waals surface area contributed by atoms with Crippen LogP contribution < -0.4 is 9.47 Å². The van der Waals surface area contributed by atoms with Crippen molar-refractivity contribution in [2.75, 3.05) is 7.11 Å². The van der Waals surface area contributed by atoms with Gasteiger partial charge in [0, 0.05) is 6.42 Å². The van der Waals surface area contributed by atoms with Gasteiger partial charge < -0.3 is 9.47 Å². The summed E-state index contributed by atoms with van der Waals surface area (Å²) in [7, 11) is 1.60. The van der Waals surface area contributed by atoms with Crippen LogP contribution in [-0.4, -0.2) is 13.1 Å². The third-order valence-corrected chi connectivity index (χ3v) is 4.38. The highest BCUT2D eigenvalue weighted by Crippen LogP contribution is 2.23. The van der Waals surface area contributed by atoms with E-state index in [-0.39, 0.29) is 5.97 Å². The first-order chi connectivity index (χ1) is 14.2. The Hall–Kier alpha value is -3.84. The number of ether oxygens (including phenoxy) is 2. The molecule has 29 heavy (non-hydrogen) atoms. The van der Waals surface area contributed by atoms with Crippen LogP contribution in [0.2, 0.25) is 0 Å². The van der Waals surface area contributed by atoms with Gasteiger partial charge in [0.1, 0.15) is 11.5 Å². The second-order valence-corrected chi connectivity index (χ2v) is 6.43. The Kier molecular flexibility index (Phi) is 6.80. The summed E-state index contributed by atoms with van der Waals surface area (Å²) in [6, 6.07) is 26.5. The van der Waals surface area contributed by atoms with Crippen molar-refractivity contribution in [1.29, 1.82) is 5.26 Å². The van der Waals surface area contributed by atoms with Gasteiger partial charge in [-0.25, -0.2) is 0 Å². The third kappa shape index (κ3) is 5.82. The van der Waals surface area contributed by atoms with E-state index < -0.39 is 0 Å². The van der Waals surface area contributed by atoms with Crippen molar-refractivity contribution in [3.8, 4) is 17.6 Å². The highest BCUT2D eigenvalue weighted by atomic mass is 16.5. The minimum Gasteiger partial charge on any atom is -0.497 e. The van der Waals surface area contributed by atoms with E-state index >= 15 is 0 Å². The van der Waals surface area contributed by atoms with E-state index in [0.29, 0.717) is 24.2 Å². The average Bonchev–Trinajstić information content (AvgIpc) is 2.77. The number of carbonyl (C=O) groups excluding carboxylic acids is 1. The van der Waals surface area contributed by atoms with Crippen LogP contribution in [0.3, 0.4) is 0 Å². The first-order valence-electron chi connectivity index (χ1n) is 9.29. The number of nitriles is 1. The van der Waals surface area contributed by atoms with E-state index in [1.807, 2.05) is 60.7 Å². The maximum absolute atomic E-state index is 12.2. The number of nitrogens with zero attached hydrogens (tertiary/aromatic N) is 1. The molecule has 0 atom stereocenters. The maximum Gasteiger partial charge on any atom is 0.311 e. The highest BCUT2D eigenvalue weighted by molar-refractivity contribution is 5.89. The number of carbonyl (C=O) groups is 1. The summed E-state index contributed by atoms with van der Waals surface area (Å²) >= 11 is 0. The van der Waals surface area contributed by atoms with E-state index in [1.54, 1.807) is 31.4 Å². The van der Waals surface area contributed by atoms with E-state index in [9.17, 15) is 10.1 Å². The summed E-state index contributed by atoms with van der Waals surface area (Å²) in [5.74, 6) is 0.907. The molecule has 0 aromatic heterocycles. The fraction of sp³-hybridized carbons (Fsp3) is 0.120. The van der Waals surface area contributed by atoms with Crippen LogP contribution in [0.4, 0.5) is 0 Å². The fourth-order valence-electron chi connectivity index (χ4n) is 2.86. The molecule has 0 fully saturated rings. The average molecular weight is 383 g/mol. The van der Waals surface area contributed by atoms with Crippen molar-refractivity contribution < 1.29 is 14.3 Å². The van der Waals surface area contributed by atoms with E-state index in [2.05, 4.69) is 6.07 Å². The smallest absolute Gasteiger partial charge is 0.311 e. The molecular weight excluding hydrogens is 362 g/mol. The van der Waals surface area contributed by atoms with Crippen LogP contribution in [0.1, 0.15) is 23.1 Å². The van der Waals surface area contributed by atoms with Gasteiger partial charge in [-0.15, -0.1) is 0 Å². The molecule has 0 aliphatic rings. The van der Waals surface area contributed by atoms with Crippen LogP contribution in [-0.2, 0) is 11.2 Å². The number of hydrogen-bond acceptors (Lipinski definition) is 4. The van der Waals surface area contributed by atoms with Gasteiger partial charge in [-0.1, -0.05) is 42.5 Å². The minimum atomic E-state index is -0.286. The fourth-order valence-corrected chi connectivity index (χ4v) is 2.86. The van der Waals surface area contributed by atoms with Crippen LogP contribution >= 0.6 is 0 Å². The quantitative estimate of drug-likeness (QED) is 0.240. The summed E-state index contributed by atoms with van der Waals surface area (Å²) in [4.78, 5) is 12.2. The second kappa shape index (κ2) is 9.91. The molecule has 144 valence electrons. The molecule has 0 radical (unpaired) electrons. The predicted octanol–water partition coefficient (Wildman–Crippen LogP) is 5.30. The zero-order valence-corrected chi connectivity index (χ0v) is 16.2. The minimum absolute atomic E-state index is 0.286. The number of esters is 1. The predicted molar refractivity (Wildman–Crippen MR) is 113 cm³/mol. The Balaban J connectivity index is 1.68. The molecule has 0 spiro atoms. The second-order valence-electron chi connectivity index (χ2n) is 6.43. The molecule has 3 aromatic carbocycles. The zero-order chi connectivity index (χ0) is 20.5. The molecule has 0 amide bonds. The third-order valence-electron chi connectivity index (χ3n) is 4.38. The van der Waals surface area contributed by atoms with Gasteiger partial charge in [0.15, 0.2) is 0 Å². The van der Waals surface area contributed by atoms with Crippen molar-refractivity contribution >= 4 is 17.6 Å². The van der Waals surface area contributed by atoms with Gasteiger partial charge in [0.2, 0.25) is 0 Å². The van der Waals surface area contributed by atoms with Gasteiger partial charge in [-0.05, 0) is 65.6 Å². The Morgan fingerprint density at radius 1 is 0.966 bits per heavy atom. The molecule has 0 bridgehead atoms. The standard InChI is InChI=1S/C25H21NO3/c1-28-23-13-11-21(12-14-23)22(18-26)16-20-8-5-9-24(17-20)29-25(27)15-10-19-6-3-2-4-7-19/h2-9,11-14,16-17H,10,15H2,1H3/b22-16-. The molecule has 4 nitrogen and oxygen atoms in total. The topological polar surface area (TPSA) is 59.3 Å². The Bertz CT molecular complexity index is 1030. The van der Waals surface area contributed by atoms with Gasteiger partial charge in [-0.2, -0.15) is 5.26 Å². The lowest BCUT2D eigenvalue weighted by Crippen LogP contribution is -2.09. The highest BCUT2D eigenvalue weighted by Gasteiger charge is 2.07. The molecular formula is C25H21NO3. The van der Waals surface area contributed by atoms with Crippen molar-refractivity contribution in [3.63, 3.8) is 0 Å². The Labute approximate surface area is 170 Å². The van der Waals surface area contributed by atoms with Crippen molar-refractivity contribution in [2.45, 2.75) is 12.8 Å². The van der Waals surface area contributed by atoms with Crippen molar-refractivity contribution in [1.82, 2.24) is 0 Å². The van der Waals surface area contributed by atoms with Gasteiger partial charge in [0.25, 0.3) is 0 Å². The van der Waals surface area contributed by atoms with Gasteiger partial charge >= 0.3 is 5.97 Å². The number of rotatable bonds is 7. The molecule has 0 aliphatic heterocycles. The van der Waals surface area contributed by atoms with Crippen LogP contribution in [0.15, 0.2) is 78.9 Å². The lowest BCUT2D eigenvalue weighted by Gasteiger charge is -2.06. The normalized spacial score (nSPS) is 10.8. The van der Waals surface area contributed by atoms with Crippen molar-refractivity contribution in [3.05, 3.63) is 95.6 Å². The number of allylic oxidation sites excluding steroid dienone is 1. The lowest BCUT2D eigenvalue weighted by atomic mass is 10.0. The first kappa shape index (κ1) is 19.9. The molecule has 4 heteroatoms.